The molecule has 0 atom stereocenters. The summed E-state index contributed by atoms with van der Waals surface area (Å²) in [6.07, 6.45) is 3.50. The van der Waals surface area contributed by atoms with Crippen LogP contribution in [0.2, 0.25) is 0 Å². The van der Waals surface area contributed by atoms with Crippen LogP contribution in [0.1, 0.15) is 38.7 Å². The summed E-state index contributed by atoms with van der Waals surface area (Å²) in [5.74, 6) is 2.75. The molecule has 1 aliphatic heterocycles. The molecule has 0 spiro atoms. The molecule has 1 saturated heterocycles. The molecule has 1 aromatic rings. The van der Waals surface area contributed by atoms with E-state index in [4.69, 9.17) is 19.2 Å². The van der Waals surface area contributed by atoms with Crippen molar-refractivity contribution in [2.45, 2.75) is 45.7 Å². The summed E-state index contributed by atoms with van der Waals surface area (Å²) in [6, 6.07) is 4.31. The van der Waals surface area contributed by atoms with Gasteiger partial charge in [0.25, 0.3) is 0 Å². The lowest BCUT2D eigenvalue weighted by Crippen LogP contribution is -2.48. The van der Waals surface area contributed by atoms with Crippen LogP contribution in [0.25, 0.3) is 0 Å². The Morgan fingerprint density at radius 1 is 1.07 bits per heavy atom. The Balaban J connectivity index is 2.06. The zero-order valence-corrected chi connectivity index (χ0v) is 18.0. The van der Waals surface area contributed by atoms with E-state index in [1.165, 1.54) is 13.0 Å². The van der Waals surface area contributed by atoms with Gasteiger partial charge in [0.15, 0.2) is 17.5 Å². The third kappa shape index (κ3) is 5.92. The van der Waals surface area contributed by atoms with Crippen molar-refractivity contribution in [3.63, 3.8) is 0 Å². The summed E-state index contributed by atoms with van der Waals surface area (Å²) >= 11 is 0. The molecular formula is C21H36N4O3. The first kappa shape index (κ1) is 22.1. The number of hydrogen-bond acceptors (Lipinski definition) is 5. The summed E-state index contributed by atoms with van der Waals surface area (Å²) in [4.78, 5) is 7.32. The lowest BCUT2D eigenvalue weighted by Gasteiger charge is -2.32. The van der Waals surface area contributed by atoms with Crippen molar-refractivity contribution < 1.29 is 14.2 Å². The number of nitrogens with one attached hydrogen (secondary N) is 2. The minimum Gasteiger partial charge on any atom is -0.493 e. The molecule has 1 fully saturated rings. The topological polar surface area (TPSA) is 67.4 Å². The van der Waals surface area contributed by atoms with Gasteiger partial charge in [-0.3, -0.25) is 0 Å². The Morgan fingerprint density at radius 3 is 2.36 bits per heavy atom. The van der Waals surface area contributed by atoms with Crippen molar-refractivity contribution in [2.24, 2.45) is 4.99 Å². The average molecular weight is 393 g/mol. The number of rotatable bonds is 9. The Kier molecular flexibility index (Phi) is 9.20. The summed E-state index contributed by atoms with van der Waals surface area (Å²) < 4.78 is 16.4. The highest BCUT2D eigenvalue weighted by Gasteiger charge is 2.20. The van der Waals surface area contributed by atoms with Gasteiger partial charge in [-0.05, 0) is 44.9 Å². The summed E-state index contributed by atoms with van der Waals surface area (Å²) in [5.41, 5.74) is 0.954. The van der Waals surface area contributed by atoms with E-state index < -0.39 is 0 Å². The van der Waals surface area contributed by atoms with E-state index in [1.54, 1.807) is 21.3 Å². The van der Waals surface area contributed by atoms with Crippen LogP contribution < -0.4 is 24.8 Å². The van der Waals surface area contributed by atoms with Crippen molar-refractivity contribution >= 4 is 5.96 Å². The molecule has 0 bridgehead atoms. The van der Waals surface area contributed by atoms with E-state index in [0.29, 0.717) is 29.8 Å². The van der Waals surface area contributed by atoms with Crippen molar-refractivity contribution in [2.75, 3.05) is 47.5 Å². The number of nitrogens with zero attached hydrogens (tertiary/aromatic N) is 2. The normalized spacial score (nSPS) is 16.0. The van der Waals surface area contributed by atoms with Crippen molar-refractivity contribution in [3.8, 4) is 17.2 Å². The highest BCUT2D eigenvalue weighted by molar-refractivity contribution is 5.80. The zero-order chi connectivity index (χ0) is 20.4. The molecular weight excluding hydrogens is 356 g/mol. The number of aliphatic imine (C=N–C) groups is 1. The van der Waals surface area contributed by atoms with Crippen LogP contribution in [0.5, 0.6) is 17.2 Å². The molecule has 0 unspecified atom stereocenters. The Morgan fingerprint density at radius 2 is 1.79 bits per heavy atom. The van der Waals surface area contributed by atoms with Crippen LogP contribution in [0.4, 0.5) is 0 Å². The van der Waals surface area contributed by atoms with Gasteiger partial charge < -0.3 is 29.7 Å². The highest BCUT2D eigenvalue weighted by Crippen LogP contribution is 2.39. The molecule has 158 valence electrons. The van der Waals surface area contributed by atoms with E-state index in [2.05, 4.69) is 29.4 Å². The predicted octanol–water partition coefficient (Wildman–Crippen LogP) is 2.64. The monoisotopic (exact) mass is 392 g/mol. The van der Waals surface area contributed by atoms with Crippen LogP contribution >= 0.6 is 0 Å². The second-order valence-corrected chi connectivity index (χ2v) is 6.95. The van der Waals surface area contributed by atoms with Gasteiger partial charge in [0.1, 0.15) is 0 Å². The van der Waals surface area contributed by atoms with Crippen LogP contribution in [0, 0.1) is 0 Å². The largest absolute Gasteiger partial charge is 0.493 e. The smallest absolute Gasteiger partial charge is 0.203 e. The molecule has 0 amide bonds. The molecule has 0 aromatic heterocycles. The first-order valence-electron chi connectivity index (χ1n) is 10.2. The fourth-order valence-corrected chi connectivity index (χ4v) is 3.58. The van der Waals surface area contributed by atoms with Gasteiger partial charge >= 0.3 is 0 Å². The molecule has 28 heavy (non-hydrogen) atoms. The van der Waals surface area contributed by atoms with E-state index in [1.807, 2.05) is 12.1 Å². The maximum absolute atomic E-state index is 5.57. The number of piperidine rings is 1. The van der Waals surface area contributed by atoms with Crippen LogP contribution in [-0.2, 0) is 6.54 Å². The molecule has 7 nitrogen and oxygen atoms in total. The number of methoxy groups -OCH3 is 3. The maximum Gasteiger partial charge on any atom is 0.203 e. The minimum absolute atomic E-state index is 0.457. The first-order valence-corrected chi connectivity index (χ1v) is 10.2. The Hall–Kier alpha value is -2.15. The Labute approximate surface area is 169 Å². The fourth-order valence-electron chi connectivity index (χ4n) is 3.58. The van der Waals surface area contributed by atoms with Crippen molar-refractivity contribution in [1.29, 1.82) is 0 Å². The second kappa shape index (κ2) is 11.6. The van der Waals surface area contributed by atoms with Gasteiger partial charge in [0.2, 0.25) is 5.75 Å². The lowest BCUT2D eigenvalue weighted by molar-refractivity contribution is 0.206. The van der Waals surface area contributed by atoms with Gasteiger partial charge in [-0.15, -0.1) is 0 Å². The first-order chi connectivity index (χ1) is 13.7. The van der Waals surface area contributed by atoms with Crippen LogP contribution in [0.3, 0.4) is 0 Å². The SMILES string of the molecule is CCCN1CCC(NC(=NCc2ccc(OC)c(OC)c2OC)NCC)CC1. The van der Waals surface area contributed by atoms with Gasteiger partial charge in [-0.25, -0.2) is 4.99 Å². The summed E-state index contributed by atoms with van der Waals surface area (Å²) in [5, 5.41) is 6.95. The van der Waals surface area contributed by atoms with Gasteiger partial charge in [-0.2, -0.15) is 0 Å². The Bertz CT molecular complexity index is 628. The van der Waals surface area contributed by atoms with E-state index in [0.717, 1.165) is 44.0 Å². The highest BCUT2D eigenvalue weighted by atomic mass is 16.5. The molecule has 0 radical (unpaired) electrons. The van der Waals surface area contributed by atoms with E-state index in [-0.39, 0.29) is 0 Å². The molecule has 2 rings (SSSR count). The van der Waals surface area contributed by atoms with Gasteiger partial charge in [0, 0.05) is 31.2 Å². The molecule has 1 aliphatic rings. The third-order valence-corrected chi connectivity index (χ3v) is 5.01. The number of likely N-dealkylation sites (tertiary alicyclic amines) is 1. The summed E-state index contributed by atoms with van der Waals surface area (Å²) in [6.45, 7) is 9.13. The maximum atomic E-state index is 5.57. The third-order valence-electron chi connectivity index (χ3n) is 5.01. The molecule has 0 saturated carbocycles. The number of guanidine groups is 1. The van der Waals surface area contributed by atoms with Gasteiger partial charge in [0.05, 0.1) is 27.9 Å². The standard InChI is InChI=1S/C21H36N4O3/c1-6-12-25-13-10-17(11-14-25)24-21(22-7-2)23-15-16-8-9-18(26-3)20(28-5)19(16)27-4/h8-9,17H,6-7,10-15H2,1-5H3,(H2,22,23,24). The minimum atomic E-state index is 0.457. The van der Waals surface area contributed by atoms with Crippen molar-refractivity contribution in [3.05, 3.63) is 17.7 Å². The fraction of sp³-hybridized carbons (Fsp3) is 0.667. The zero-order valence-electron chi connectivity index (χ0n) is 18.0. The van der Waals surface area contributed by atoms with Crippen LogP contribution in [-0.4, -0.2) is 64.4 Å². The van der Waals surface area contributed by atoms with Gasteiger partial charge in [-0.1, -0.05) is 6.92 Å². The average Bonchev–Trinajstić information content (AvgIpc) is 2.72. The van der Waals surface area contributed by atoms with E-state index >= 15 is 0 Å². The molecule has 2 N–H and O–H groups in total. The molecule has 7 heteroatoms. The molecule has 1 heterocycles. The lowest BCUT2D eigenvalue weighted by atomic mass is 10.1. The molecule has 1 aromatic carbocycles. The summed E-state index contributed by atoms with van der Waals surface area (Å²) in [7, 11) is 4.87. The van der Waals surface area contributed by atoms with Crippen LogP contribution in [0.15, 0.2) is 17.1 Å². The van der Waals surface area contributed by atoms with Crippen molar-refractivity contribution in [1.82, 2.24) is 15.5 Å². The number of benzene rings is 1. The molecule has 0 aliphatic carbocycles. The second-order valence-electron chi connectivity index (χ2n) is 6.95. The number of hydrogen-bond donors (Lipinski definition) is 2. The predicted molar refractivity (Wildman–Crippen MR) is 114 cm³/mol. The quantitative estimate of drug-likeness (QED) is 0.497. The number of ether oxygens (including phenoxy) is 3. The van der Waals surface area contributed by atoms with E-state index in [9.17, 15) is 0 Å².